The molecule has 3 aromatic rings. The zero-order valence-corrected chi connectivity index (χ0v) is 16.7. The summed E-state index contributed by atoms with van der Waals surface area (Å²) in [6, 6.07) is 16.0. The van der Waals surface area contributed by atoms with Crippen LogP contribution in [-0.2, 0) is 0 Å². The van der Waals surface area contributed by atoms with E-state index in [1.54, 1.807) is 42.5 Å². The molecule has 0 bridgehead atoms. The van der Waals surface area contributed by atoms with Gasteiger partial charge in [-0.3, -0.25) is 19.1 Å². The molecule has 0 unspecified atom stereocenters. The molecule has 1 amide bonds. The summed E-state index contributed by atoms with van der Waals surface area (Å²) in [5, 5.41) is 14.4. The Hall–Kier alpha value is -3.52. The number of hydrazone groups is 1. The van der Waals surface area contributed by atoms with Crippen LogP contribution in [0.3, 0.4) is 0 Å². The molecule has 1 heterocycles. The van der Waals surface area contributed by atoms with Crippen LogP contribution in [0.25, 0.3) is 5.69 Å². The minimum Gasteiger partial charge on any atom is -0.494 e. The van der Waals surface area contributed by atoms with Crippen molar-refractivity contribution in [3.05, 3.63) is 86.4 Å². The average molecular weight is 408 g/mol. The van der Waals surface area contributed by atoms with Crippen LogP contribution in [0.15, 0.2) is 64.5 Å². The van der Waals surface area contributed by atoms with Crippen LogP contribution in [0, 0.1) is 4.77 Å². The number of amides is 1. The van der Waals surface area contributed by atoms with Gasteiger partial charge in [0.15, 0.2) is 4.77 Å². The van der Waals surface area contributed by atoms with Crippen molar-refractivity contribution in [1.82, 2.24) is 15.0 Å². The third kappa shape index (κ3) is 4.49. The number of carbonyl (C=O) groups is 1. The zero-order chi connectivity index (χ0) is 21.0. The standard InChI is InChI=1S/C21H20N4O3S/c1-13(2)14-8-10-16(11-9-14)25-20(28)17(19(27)23-21(25)29)12-22-24-18(26)15-6-4-3-5-7-15/h3-13,28H,1-2H3,(H,24,26)(H,23,27,29). The largest absolute Gasteiger partial charge is 0.494 e. The molecule has 0 fully saturated rings. The third-order valence-electron chi connectivity index (χ3n) is 4.33. The van der Waals surface area contributed by atoms with Gasteiger partial charge in [0, 0.05) is 5.56 Å². The number of aromatic hydroxyl groups is 1. The Morgan fingerprint density at radius 3 is 2.45 bits per heavy atom. The van der Waals surface area contributed by atoms with E-state index in [2.05, 4.69) is 29.4 Å². The van der Waals surface area contributed by atoms with E-state index in [1.165, 1.54) is 4.57 Å². The molecule has 0 spiro atoms. The number of benzene rings is 2. The predicted octanol–water partition coefficient (Wildman–Crippen LogP) is 3.49. The fourth-order valence-corrected chi connectivity index (χ4v) is 3.00. The Morgan fingerprint density at radius 1 is 1.17 bits per heavy atom. The maximum absolute atomic E-state index is 12.2. The fraction of sp³-hybridized carbons (Fsp3) is 0.143. The van der Waals surface area contributed by atoms with Gasteiger partial charge in [-0.05, 0) is 48.0 Å². The number of H-pyrrole nitrogens is 1. The summed E-state index contributed by atoms with van der Waals surface area (Å²) in [4.78, 5) is 26.8. The van der Waals surface area contributed by atoms with E-state index in [4.69, 9.17) is 12.2 Å². The van der Waals surface area contributed by atoms with Gasteiger partial charge in [-0.2, -0.15) is 5.10 Å². The van der Waals surface area contributed by atoms with Gasteiger partial charge < -0.3 is 5.11 Å². The van der Waals surface area contributed by atoms with Crippen LogP contribution < -0.4 is 11.0 Å². The lowest BCUT2D eigenvalue weighted by Crippen LogP contribution is -2.21. The van der Waals surface area contributed by atoms with E-state index < -0.39 is 11.5 Å². The summed E-state index contributed by atoms with van der Waals surface area (Å²) in [6.45, 7) is 4.16. The Kier molecular flexibility index (Phi) is 6.04. The summed E-state index contributed by atoms with van der Waals surface area (Å²) in [7, 11) is 0. The van der Waals surface area contributed by atoms with E-state index in [0.29, 0.717) is 17.2 Å². The number of hydrogen-bond donors (Lipinski definition) is 3. The molecule has 148 valence electrons. The van der Waals surface area contributed by atoms with E-state index in [0.717, 1.165) is 11.8 Å². The molecule has 2 aromatic carbocycles. The van der Waals surface area contributed by atoms with Gasteiger partial charge in [0.2, 0.25) is 5.88 Å². The monoisotopic (exact) mass is 408 g/mol. The first-order valence-corrected chi connectivity index (χ1v) is 9.36. The van der Waals surface area contributed by atoms with Crippen molar-refractivity contribution in [2.45, 2.75) is 19.8 Å². The number of aromatic nitrogens is 2. The van der Waals surface area contributed by atoms with Gasteiger partial charge in [-0.15, -0.1) is 0 Å². The fourth-order valence-electron chi connectivity index (χ4n) is 2.71. The van der Waals surface area contributed by atoms with Crippen molar-refractivity contribution >= 4 is 24.3 Å². The van der Waals surface area contributed by atoms with Crippen LogP contribution in [0.1, 0.15) is 41.3 Å². The van der Waals surface area contributed by atoms with Gasteiger partial charge in [-0.1, -0.05) is 44.2 Å². The number of rotatable bonds is 5. The first-order chi connectivity index (χ1) is 13.9. The van der Waals surface area contributed by atoms with E-state index in [9.17, 15) is 14.7 Å². The van der Waals surface area contributed by atoms with Crippen LogP contribution in [0.2, 0.25) is 0 Å². The smallest absolute Gasteiger partial charge is 0.271 e. The second-order valence-corrected chi connectivity index (χ2v) is 7.03. The van der Waals surface area contributed by atoms with E-state index in [1.807, 2.05) is 12.1 Å². The second kappa shape index (κ2) is 8.66. The SMILES string of the molecule is CC(C)c1ccc(-n2c(O)c(C=NNC(=O)c3ccccc3)c(=O)[nH]c2=S)cc1. The van der Waals surface area contributed by atoms with E-state index in [-0.39, 0.29) is 16.2 Å². The van der Waals surface area contributed by atoms with Gasteiger partial charge in [0.1, 0.15) is 5.56 Å². The highest BCUT2D eigenvalue weighted by atomic mass is 32.1. The van der Waals surface area contributed by atoms with Crippen molar-refractivity contribution in [2.24, 2.45) is 5.10 Å². The van der Waals surface area contributed by atoms with Crippen LogP contribution in [-0.4, -0.2) is 26.8 Å². The Bertz CT molecular complexity index is 1160. The lowest BCUT2D eigenvalue weighted by Gasteiger charge is -2.12. The van der Waals surface area contributed by atoms with Crippen LogP contribution in [0.4, 0.5) is 0 Å². The lowest BCUT2D eigenvalue weighted by atomic mass is 10.0. The average Bonchev–Trinajstić information content (AvgIpc) is 2.71. The molecule has 3 rings (SSSR count). The molecule has 0 aliphatic rings. The molecule has 7 nitrogen and oxygen atoms in total. The first kappa shape index (κ1) is 20.2. The van der Waals surface area contributed by atoms with Crippen molar-refractivity contribution in [1.29, 1.82) is 0 Å². The minimum atomic E-state index is -0.611. The molecule has 0 saturated carbocycles. The molecule has 0 aliphatic heterocycles. The summed E-state index contributed by atoms with van der Waals surface area (Å²) in [5.74, 6) is -0.444. The molecule has 3 N–H and O–H groups in total. The molecule has 1 aromatic heterocycles. The third-order valence-corrected chi connectivity index (χ3v) is 4.62. The van der Waals surface area contributed by atoms with Crippen molar-refractivity contribution in [2.75, 3.05) is 0 Å². The van der Waals surface area contributed by atoms with Crippen molar-refractivity contribution < 1.29 is 9.90 Å². The maximum atomic E-state index is 12.2. The van der Waals surface area contributed by atoms with Gasteiger partial charge in [0.05, 0.1) is 11.9 Å². The predicted molar refractivity (Wildman–Crippen MR) is 114 cm³/mol. The Labute approximate surface area is 172 Å². The van der Waals surface area contributed by atoms with Crippen molar-refractivity contribution in [3.8, 4) is 11.6 Å². The number of aromatic amines is 1. The first-order valence-electron chi connectivity index (χ1n) is 8.95. The van der Waals surface area contributed by atoms with Crippen molar-refractivity contribution in [3.63, 3.8) is 0 Å². The Balaban J connectivity index is 1.92. The number of nitrogens with zero attached hydrogens (tertiary/aromatic N) is 2. The highest BCUT2D eigenvalue weighted by molar-refractivity contribution is 7.71. The molecule has 29 heavy (non-hydrogen) atoms. The molecular formula is C21H20N4O3S. The van der Waals surface area contributed by atoms with Gasteiger partial charge in [-0.25, -0.2) is 5.43 Å². The van der Waals surface area contributed by atoms with Gasteiger partial charge in [0.25, 0.3) is 11.5 Å². The van der Waals surface area contributed by atoms with Gasteiger partial charge >= 0.3 is 0 Å². The Morgan fingerprint density at radius 2 is 1.83 bits per heavy atom. The van der Waals surface area contributed by atoms with Crippen LogP contribution in [0.5, 0.6) is 5.88 Å². The summed E-state index contributed by atoms with van der Waals surface area (Å²) < 4.78 is 1.39. The lowest BCUT2D eigenvalue weighted by molar-refractivity contribution is 0.0955. The second-order valence-electron chi connectivity index (χ2n) is 6.64. The maximum Gasteiger partial charge on any atom is 0.271 e. The van der Waals surface area contributed by atoms with E-state index >= 15 is 0 Å². The van der Waals surface area contributed by atoms with Crippen LogP contribution >= 0.6 is 12.2 Å². The number of carbonyl (C=O) groups excluding carboxylic acids is 1. The molecule has 0 saturated heterocycles. The molecule has 8 heteroatoms. The zero-order valence-electron chi connectivity index (χ0n) is 15.9. The normalized spacial score (nSPS) is 11.1. The summed E-state index contributed by atoms with van der Waals surface area (Å²) in [5.41, 5.74) is 3.74. The summed E-state index contributed by atoms with van der Waals surface area (Å²) in [6.07, 6.45) is 1.09. The molecular weight excluding hydrogens is 388 g/mol. The molecule has 0 atom stereocenters. The highest BCUT2D eigenvalue weighted by Crippen LogP contribution is 2.21. The molecule has 0 aliphatic carbocycles. The summed E-state index contributed by atoms with van der Waals surface area (Å²) >= 11 is 5.20. The highest BCUT2D eigenvalue weighted by Gasteiger charge is 2.13. The topological polar surface area (TPSA) is 99.5 Å². The minimum absolute atomic E-state index is 0.0512. The number of nitrogens with one attached hydrogen (secondary N) is 2. The quantitative estimate of drug-likeness (QED) is 0.342. The number of hydrogen-bond acceptors (Lipinski definition) is 5. The molecule has 0 radical (unpaired) electrons.